The van der Waals surface area contributed by atoms with Gasteiger partial charge >= 0.3 is 0 Å². The number of hydrogen-bond acceptors (Lipinski definition) is 2. The number of carbonyl (C=O) groups excluding carboxylic acids is 2. The van der Waals surface area contributed by atoms with Crippen LogP contribution in [0.5, 0.6) is 0 Å². The molecule has 0 bridgehead atoms. The van der Waals surface area contributed by atoms with Crippen molar-refractivity contribution in [2.24, 2.45) is 0 Å². The Balaban J connectivity index is 2.23. The van der Waals surface area contributed by atoms with Gasteiger partial charge < -0.3 is 10.2 Å². The highest BCUT2D eigenvalue weighted by molar-refractivity contribution is 5.88. The summed E-state index contributed by atoms with van der Waals surface area (Å²) in [5.74, 6) is -0.147. The average molecular weight is 367 g/mol. The minimum Gasteiger partial charge on any atom is -0.354 e. The summed E-state index contributed by atoms with van der Waals surface area (Å²) in [6.45, 7) is 8.90. The molecule has 2 amide bonds. The van der Waals surface area contributed by atoms with Crippen molar-refractivity contribution in [2.75, 3.05) is 6.54 Å². The monoisotopic (exact) mass is 366 g/mol. The van der Waals surface area contributed by atoms with Crippen molar-refractivity contribution in [1.82, 2.24) is 10.2 Å². The molecule has 0 aliphatic rings. The molecule has 0 saturated carbocycles. The SMILES string of the molecule is CCCNC(=O)C(C)N(Cc1ccccc1C)C(=O)Cc1cccc(C)c1. The number of aryl methyl sites for hydroxylation is 2. The van der Waals surface area contributed by atoms with Crippen LogP contribution < -0.4 is 5.32 Å². The van der Waals surface area contributed by atoms with Crippen molar-refractivity contribution in [3.05, 3.63) is 70.8 Å². The van der Waals surface area contributed by atoms with E-state index in [-0.39, 0.29) is 11.8 Å². The fraction of sp³-hybridized carbons (Fsp3) is 0.391. The molecule has 2 aromatic carbocycles. The van der Waals surface area contributed by atoms with Crippen molar-refractivity contribution >= 4 is 11.8 Å². The van der Waals surface area contributed by atoms with Gasteiger partial charge in [0.2, 0.25) is 11.8 Å². The minimum atomic E-state index is -0.520. The Morgan fingerprint density at radius 3 is 2.48 bits per heavy atom. The standard InChI is InChI=1S/C23H30N2O2/c1-5-13-24-23(27)19(4)25(16-21-12-7-6-10-18(21)3)22(26)15-20-11-8-9-17(2)14-20/h6-12,14,19H,5,13,15-16H2,1-4H3,(H,24,27). The van der Waals surface area contributed by atoms with Gasteiger partial charge in [0.15, 0.2) is 0 Å². The topological polar surface area (TPSA) is 49.4 Å². The highest BCUT2D eigenvalue weighted by Crippen LogP contribution is 2.15. The third kappa shape index (κ3) is 5.95. The average Bonchev–Trinajstić information content (AvgIpc) is 2.64. The molecule has 2 aromatic rings. The normalized spacial score (nSPS) is 11.7. The molecule has 0 saturated heterocycles. The van der Waals surface area contributed by atoms with Gasteiger partial charge in [0.25, 0.3) is 0 Å². The first-order valence-corrected chi connectivity index (χ1v) is 9.59. The van der Waals surface area contributed by atoms with Gasteiger partial charge in [-0.05, 0) is 43.9 Å². The number of amides is 2. The van der Waals surface area contributed by atoms with Gasteiger partial charge in [-0.3, -0.25) is 9.59 Å². The van der Waals surface area contributed by atoms with Crippen LogP contribution in [0.15, 0.2) is 48.5 Å². The molecule has 2 rings (SSSR count). The van der Waals surface area contributed by atoms with E-state index in [2.05, 4.69) is 5.32 Å². The van der Waals surface area contributed by atoms with Crippen LogP contribution in [0.3, 0.4) is 0 Å². The van der Waals surface area contributed by atoms with Crippen LogP contribution in [0.2, 0.25) is 0 Å². The van der Waals surface area contributed by atoms with E-state index in [4.69, 9.17) is 0 Å². The van der Waals surface area contributed by atoms with Gasteiger partial charge in [0.05, 0.1) is 6.42 Å². The van der Waals surface area contributed by atoms with Crippen molar-refractivity contribution in [1.29, 1.82) is 0 Å². The molecule has 0 aliphatic heterocycles. The second-order valence-electron chi connectivity index (χ2n) is 7.08. The molecule has 27 heavy (non-hydrogen) atoms. The van der Waals surface area contributed by atoms with E-state index in [0.29, 0.717) is 19.5 Å². The van der Waals surface area contributed by atoms with Crippen LogP contribution >= 0.6 is 0 Å². The van der Waals surface area contributed by atoms with Gasteiger partial charge in [-0.15, -0.1) is 0 Å². The molecule has 4 nitrogen and oxygen atoms in total. The van der Waals surface area contributed by atoms with E-state index in [0.717, 1.165) is 28.7 Å². The Morgan fingerprint density at radius 1 is 1.07 bits per heavy atom. The van der Waals surface area contributed by atoms with Crippen LogP contribution in [0, 0.1) is 13.8 Å². The second-order valence-corrected chi connectivity index (χ2v) is 7.08. The third-order valence-corrected chi connectivity index (χ3v) is 4.76. The highest BCUT2D eigenvalue weighted by Gasteiger charge is 2.26. The van der Waals surface area contributed by atoms with Gasteiger partial charge in [-0.2, -0.15) is 0 Å². The first kappa shape index (κ1) is 20.7. The Bertz CT molecular complexity index is 785. The maximum atomic E-state index is 13.1. The lowest BCUT2D eigenvalue weighted by Crippen LogP contribution is -2.48. The van der Waals surface area contributed by atoms with E-state index >= 15 is 0 Å². The molecule has 0 aliphatic carbocycles. The highest BCUT2D eigenvalue weighted by atomic mass is 16.2. The molecule has 4 heteroatoms. The number of rotatable bonds is 8. The lowest BCUT2D eigenvalue weighted by Gasteiger charge is -2.29. The molecular weight excluding hydrogens is 336 g/mol. The van der Waals surface area contributed by atoms with Crippen LogP contribution in [0.1, 0.15) is 42.5 Å². The maximum Gasteiger partial charge on any atom is 0.242 e. The molecule has 0 aromatic heterocycles. The van der Waals surface area contributed by atoms with Crippen molar-refractivity contribution in [2.45, 2.75) is 53.1 Å². The number of benzene rings is 2. The zero-order valence-electron chi connectivity index (χ0n) is 16.8. The largest absolute Gasteiger partial charge is 0.354 e. The summed E-state index contributed by atoms with van der Waals surface area (Å²) in [4.78, 5) is 27.3. The summed E-state index contributed by atoms with van der Waals surface area (Å²) in [7, 11) is 0. The minimum absolute atomic E-state index is 0.0389. The number of carbonyl (C=O) groups is 2. The van der Waals surface area contributed by atoms with E-state index < -0.39 is 6.04 Å². The summed E-state index contributed by atoms with van der Waals surface area (Å²) in [6.07, 6.45) is 1.16. The lowest BCUT2D eigenvalue weighted by atomic mass is 10.0. The number of nitrogens with one attached hydrogen (secondary N) is 1. The van der Waals surface area contributed by atoms with Crippen LogP contribution in [-0.2, 0) is 22.6 Å². The van der Waals surface area contributed by atoms with Crippen molar-refractivity contribution < 1.29 is 9.59 Å². The fourth-order valence-electron chi connectivity index (χ4n) is 3.05. The lowest BCUT2D eigenvalue weighted by molar-refractivity contribution is -0.140. The quantitative estimate of drug-likeness (QED) is 0.773. The van der Waals surface area contributed by atoms with E-state index in [1.165, 1.54) is 0 Å². The van der Waals surface area contributed by atoms with E-state index in [1.54, 1.807) is 11.8 Å². The molecule has 0 radical (unpaired) electrons. The second kappa shape index (κ2) is 9.91. The maximum absolute atomic E-state index is 13.1. The van der Waals surface area contributed by atoms with E-state index in [1.807, 2.05) is 69.3 Å². The van der Waals surface area contributed by atoms with Crippen LogP contribution in [0.25, 0.3) is 0 Å². The first-order chi connectivity index (χ1) is 12.9. The smallest absolute Gasteiger partial charge is 0.242 e. The zero-order chi connectivity index (χ0) is 19.8. The molecule has 1 unspecified atom stereocenters. The van der Waals surface area contributed by atoms with Gasteiger partial charge in [0, 0.05) is 13.1 Å². The molecule has 144 valence electrons. The first-order valence-electron chi connectivity index (χ1n) is 9.59. The molecule has 0 fully saturated rings. The molecule has 1 atom stereocenters. The summed E-state index contributed by atoms with van der Waals surface area (Å²) in [5.41, 5.74) is 4.27. The number of nitrogens with zero attached hydrogens (tertiary/aromatic N) is 1. The van der Waals surface area contributed by atoms with Gasteiger partial charge in [-0.1, -0.05) is 61.0 Å². The number of hydrogen-bond donors (Lipinski definition) is 1. The van der Waals surface area contributed by atoms with Crippen LogP contribution in [0.4, 0.5) is 0 Å². The summed E-state index contributed by atoms with van der Waals surface area (Å²) in [5, 5.41) is 2.91. The fourth-order valence-corrected chi connectivity index (χ4v) is 3.05. The Kier molecular flexibility index (Phi) is 7.59. The summed E-state index contributed by atoms with van der Waals surface area (Å²) in [6, 6.07) is 15.4. The van der Waals surface area contributed by atoms with Crippen molar-refractivity contribution in [3.8, 4) is 0 Å². The molecule has 1 N–H and O–H groups in total. The predicted molar refractivity (Wildman–Crippen MR) is 109 cm³/mol. The van der Waals surface area contributed by atoms with Gasteiger partial charge in [0.1, 0.15) is 6.04 Å². The third-order valence-electron chi connectivity index (χ3n) is 4.76. The van der Waals surface area contributed by atoms with Crippen LogP contribution in [-0.4, -0.2) is 29.3 Å². The Labute approximate surface area is 162 Å². The van der Waals surface area contributed by atoms with Crippen molar-refractivity contribution in [3.63, 3.8) is 0 Å². The summed E-state index contributed by atoms with van der Waals surface area (Å²) >= 11 is 0. The molecule has 0 spiro atoms. The Hall–Kier alpha value is -2.62. The van der Waals surface area contributed by atoms with E-state index in [9.17, 15) is 9.59 Å². The zero-order valence-corrected chi connectivity index (χ0v) is 16.8. The summed E-state index contributed by atoms with van der Waals surface area (Å²) < 4.78 is 0. The predicted octanol–water partition coefficient (Wildman–Crippen LogP) is 3.79. The molecule has 0 heterocycles. The Morgan fingerprint density at radius 2 is 1.81 bits per heavy atom. The van der Waals surface area contributed by atoms with Gasteiger partial charge in [-0.25, -0.2) is 0 Å². The molecular formula is C23H30N2O2.